The average Bonchev–Trinajstić information content (AvgIpc) is 3.33. The molecular weight excluding hydrogens is 348 g/mol. The SMILES string of the molecule is Cc1ccc2c(oc3ccccc32)c1N1c2oc3ccccc3c2N(C)[C@@H]1C. The number of nitrogens with zero attached hydrogens (tertiary/aromatic N) is 2. The fourth-order valence-electron chi connectivity index (χ4n) is 4.51. The van der Waals surface area contributed by atoms with E-state index in [1.807, 2.05) is 24.3 Å². The summed E-state index contributed by atoms with van der Waals surface area (Å²) in [4.78, 5) is 4.55. The van der Waals surface area contributed by atoms with Crippen LogP contribution in [-0.4, -0.2) is 13.2 Å². The van der Waals surface area contributed by atoms with Gasteiger partial charge in [-0.1, -0.05) is 42.5 Å². The van der Waals surface area contributed by atoms with Gasteiger partial charge in [0.1, 0.15) is 23.0 Å². The Labute approximate surface area is 162 Å². The Bertz CT molecular complexity index is 1380. The first kappa shape index (κ1) is 15.6. The zero-order valence-corrected chi connectivity index (χ0v) is 16.1. The Balaban J connectivity index is 1.69. The molecule has 0 unspecified atom stereocenters. The summed E-state index contributed by atoms with van der Waals surface area (Å²) < 4.78 is 12.7. The van der Waals surface area contributed by atoms with Gasteiger partial charge in [-0.05, 0) is 37.6 Å². The fraction of sp³-hybridized carbons (Fsp3) is 0.167. The number of fused-ring (bicyclic) bond motifs is 6. The molecular formula is C24H20N2O2. The van der Waals surface area contributed by atoms with Crippen LogP contribution < -0.4 is 9.80 Å². The summed E-state index contributed by atoms with van der Waals surface area (Å²) in [5, 5.41) is 3.42. The van der Waals surface area contributed by atoms with Gasteiger partial charge in [-0.3, -0.25) is 4.90 Å². The summed E-state index contributed by atoms with van der Waals surface area (Å²) in [6, 6.07) is 20.8. The minimum Gasteiger partial charge on any atom is -0.454 e. The molecule has 1 atom stereocenters. The first-order chi connectivity index (χ1) is 13.6. The van der Waals surface area contributed by atoms with Crippen molar-refractivity contribution in [2.75, 3.05) is 16.8 Å². The van der Waals surface area contributed by atoms with Crippen LogP contribution in [0.25, 0.3) is 32.9 Å². The highest BCUT2D eigenvalue weighted by Crippen LogP contribution is 2.52. The van der Waals surface area contributed by atoms with E-state index in [0.29, 0.717) is 0 Å². The lowest BCUT2D eigenvalue weighted by Crippen LogP contribution is -2.36. The number of benzene rings is 3. The van der Waals surface area contributed by atoms with Gasteiger partial charge >= 0.3 is 0 Å². The zero-order valence-electron chi connectivity index (χ0n) is 16.1. The van der Waals surface area contributed by atoms with Gasteiger partial charge in [-0.25, -0.2) is 0 Å². The molecule has 0 radical (unpaired) electrons. The maximum absolute atomic E-state index is 6.35. The molecule has 3 aromatic carbocycles. The van der Waals surface area contributed by atoms with E-state index in [-0.39, 0.29) is 6.17 Å². The van der Waals surface area contributed by atoms with Crippen molar-refractivity contribution in [1.29, 1.82) is 0 Å². The fourth-order valence-corrected chi connectivity index (χ4v) is 4.51. The lowest BCUT2D eigenvalue weighted by atomic mass is 10.1. The van der Waals surface area contributed by atoms with Gasteiger partial charge in [0.25, 0.3) is 0 Å². The quantitative estimate of drug-likeness (QED) is 0.335. The van der Waals surface area contributed by atoms with E-state index in [2.05, 4.69) is 67.1 Å². The van der Waals surface area contributed by atoms with Crippen LogP contribution in [-0.2, 0) is 0 Å². The second-order valence-corrected chi connectivity index (χ2v) is 7.57. The minimum atomic E-state index is 0.121. The summed E-state index contributed by atoms with van der Waals surface area (Å²) in [5.41, 5.74) is 6.11. The summed E-state index contributed by atoms with van der Waals surface area (Å²) in [5.74, 6) is 0.882. The molecule has 0 aliphatic carbocycles. The summed E-state index contributed by atoms with van der Waals surface area (Å²) in [6.07, 6.45) is 0.121. The minimum absolute atomic E-state index is 0.121. The van der Waals surface area contributed by atoms with Crippen LogP contribution >= 0.6 is 0 Å². The number of anilines is 3. The predicted octanol–water partition coefficient (Wildman–Crippen LogP) is 6.57. The van der Waals surface area contributed by atoms with Crippen LogP contribution in [0.4, 0.5) is 17.3 Å². The van der Waals surface area contributed by atoms with Gasteiger partial charge < -0.3 is 13.7 Å². The molecule has 0 bridgehead atoms. The van der Waals surface area contributed by atoms with E-state index in [0.717, 1.165) is 50.2 Å². The molecule has 5 aromatic rings. The molecule has 0 N–H and O–H groups in total. The van der Waals surface area contributed by atoms with Crippen LogP contribution in [0.5, 0.6) is 0 Å². The molecule has 2 aromatic heterocycles. The molecule has 138 valence electrons. The van der Waals surface area contributed by atoms with Crippen molar-refractivity contribution in [3.05, 3.63) is 66.2 Å². The molecule has 28 heavy (non-hydrogen) atoms. The molecule has 0 saturated carbocycles. The van der Waals surface area contributed by atoms with Gasteiger partial charge in [-0.2, -0.15) is 0 Å². The van der Waals surface area contributed by atoms with Crippen LogP contribution in [0.3, 0.4) is 0 Å². The predicted molar refractivity (Wildman–Crippen MR) is 115 cm³/mol. The molecule has 4 nitrogen and oxygen atoms in total. The molecule has 3 heterocycles. The molecule has 0 saturated heterocycles. The maximum atomic E-state index is 6.35. The van der Waals surface area contributed by atoms with Crippen molar-refractivity contribution in [3.8, 4) is 0 Å². The number of hydrogen-bond donors (Lipinski definition) is 0. The summed E-state index contributed by atoms with van der Waals surface area (Å²) in [7, 11) is 2.12. The van der Waals surface area contributed by atoms with Crippen molar-refractivity contribution in [2.24, 2.45) is 0 Å². The number of para-hydroxylation sites is 2. The van der Waals surface area contributed by atoms with E-state index in [1.165, 1.54) is 5.56 Å². The number of hydrogen-bond acceptors (Lipinski definition) is 4. The van der Waals surface area contributed by atoms with E-state index in [1.54, 1.807) is 0 Å². The van der Waals surface area contributed by atoms with E-state index in [4.69, 9.17) is 8.83 Å². The Morgan fingerprint density at radius 1 is 0.750 bits per heavy atom. The molecule has 6 rings (SSSR count). The highest BCUT2D eigenvalue weighted by atomic mass is 16.4. The van der Waals surface area contributed by atoms with Crippen molar-refractivity contribution in [3.63, 3.8) is 0 Å². The third-order valence-corrected chi connectivity index (χ3v) is 6.02. The molecule has 1 aliphatic rings. The lowest BCUT2D eigenvalue weighted by molar-refractivity contribution is 0.594. The van der Waals surface area contributed by atoms with Gasteiger partial charge in [0.05, 0.1) is 5.69 Å². The van der Waals surface area contributed by atoms with Gasteiger partial charge in [0.2, 0.25) is 5.88 Å². The van der Waals surface area contributed by atoms with Crippen LogP contribution in [0, 0.1) is 6.92 Å². The summed E-state index contributed by atoms with van der Waals surface area (Å²) >= 11 is 0. The van der Waals surface area contributed by atoms with Gasteiger partial charge in [0.15, 0.2) is 5.58 Å². The normalized spacial score (nSPS) is 16.6. The Morgan fingerprint density at radius 2 is 1.43 bits per heavy atom. The van der Waals surface area contributed by atoms with Crippen molar-refractivity contribution >= 4 is 50.2 Å². The Hall–Kier alpha value is -3.40. The zero-order chi connectivity index (χ0) is 19.0. The Kier molecular flexibility index (Phi) is 2.97. The summed E-state index contributed by atoms with van der Waals surface area (Å²) in [6.45, 7) is 4.33. The van der Waals surface area contributed by atoms with Gasteiger partial charge in [-0.15, -0.1) is 0 Å². The van der Waals surface area contributed by atoms with Crippen molar-refractivity contribution in [2.45, 2.75) is 20.0 Å². The third kappa shape index (κ3) is 1.84. The van der Waals surface area contributed by atoms with Crippen LogP contribution in [0.15, 0.2) is 69.5 Å². The highest BCUT2D eigenvalue weighted by molar-refractivity contribution is 6.11. The molecule has 0 fully saturated rings. The molecule has 0 amide bonds. The van der Waals surface area contributed by atoms with E-state index >= 15 is 0 Å². The van der Waals surface area contributed by atoms with Crippen molar-refractivity contribution in [1.82, 2.24) is 0 Å². The monoisotopic (exact) mass is 368 g/mol. The van der Waals surface area contributed by atoms with Crippen LogP contribution in [0.2, 0.25) is 0 Å². The smallest absolute Gasteiger partial charge is 0.226 e. The molecule has 0 spiro atoms. The van der Waals surface area contributed by atoms with Gasteiger partial charge in [0, 0.05) is 23.2 Å². The number of rotatable bonds is 1. The van der Waals surface area contributed by atoms with Crippen LogP contribution in [0.1, 0.15) is 12.5 Å². The van der Waals surface area contributed by atoms with E-state index in [9.17, 15) is 0 Å². The topological polar surface area (TPSA) is 32.8 Å². The second kappa shape index (κ2) is 5.32. The lowest BCUT2D eigenvalue weighted by Gasteiger charge is -2.28. The average molecular weight is 368 g/mol. The first-order valence-corrected chi connectivity index (χ1v) is 9.59. The first-order valence-electron chi connectivity index (χ1n) is 9.59. The number of aryl methyl sites for hydroxylation is 1. The molecule has 1 aliphatic heterocycles. The molecule has 4 heteroatoms. The number of furan rings is 2. The highest BCUT2D eigenvalue weighted by Gasteiger charge is 2.39. The maximum Gasteiger partial charge on any atom is 0.226 e. The second-order valence-electron chi connectivity index (χ2n) is 7.57. The Morgan fingerprint density at radius 3 is 2.21 bits per heavy atom. The third-order valence-electron chi connectivity index (χ3n) is 6.02. The largest absolute Gasteiger partial charge is 0.454 e. The van der Waals surface area contributed by atoms with Crippen molar-refractivity contribution < 1.29 is 8.83 Å². The van der Waals surface area contributed by atoms with E-state index < -0.39 is 0 Å². The standard InChI is InChI=1S/C24H20N2O2/c1-14-12-13-17-16-8-4-6-10-19(16)27-23(17)21(14)26-15(2)25(3)22-18-9-5-7-11-20(18)28-24(22)26/h4-13,15H,1-3H3/t15-/m0/s1.